The highest BCUT2D eigenvalue weighted by Crippen LogP contribution is 2.20. The number of hydrogen-bond acceptors (Lipinski definition) is 3. The Morgan fingerprint density at radius 3 is 2.61 bits per heavy atom. The van der Waals surface area contributed by atoms with Gasteiger partial charge in [-0.25, -0.2) is 4.39 Å². The van der Waals surface area contributed by atoms with Gasteiger partial charge in [-0.2, -0.15) is 0 Å². The molecule has 1 atom stereocenters. The lowest BCUT2D eigenvalue weighted by molar-refractivity contribution is -0.113. The monoisotopic (exact) mass is 380 g/mol. The van der Waals surface area contributed by atoms with E-state index in [4.69, 9.17) is 10.5 Å². The summed E-state index contributed by atoms with van der Waals surface area (Å²) in [6.45, 7) is -0.454. The van der Waals surface area contributed by atoms with E-state index in [1.807, 2.05) is 22.0 Å². The van der Waals surface area contributed by atoms with Crippen molar-refractivity contribution < 1.29 is 14.3 Å². The van der Waals surface area contributed by atoms with Gasteiger partial charge in [0, 0.05) is 11.9 Å². The van der Waals surface area contributed by atoms with Crippen LogP contribution < -0.4 is 5.09 Å². The van der Waals surface area contributed by atoms with Gasteiger partial charge in [0.2, 0.25) is 0 Å². The molecule has 0 fully saturated rings. The van der Waals surface area contributed by atoms with Crippen LogP contribution in [0.4, 0.5) is 4.39 Å². The molecule has 1 amide bonds. The molecule has 0 spiro atoms. The van der Waals surface area contributed by atoms with E-state index >= 15 is 0 Å². The molecule has 3 N–H and O–H groups in total. The van der Waals surface area contributed by atoms with E-state index in [0.717, 1.165) is 0 Å². The summed E-state index contributed by atoms with van der Waals surface area (Å²) < 4.78 is 12.8. The zero-order chi connectivity index (χ0) is 13.5. The second kappa shape index (κ2) is 7.56. The molecular weight excluding hydrogens is 369 g/mol. The number of halogens is 2. The average molecular weight is 380 g/mol. The van der Waals surface area contributed by atoms with E-state index in [-0.39, 0.29) is 23.6 Å². The van der Waals surface area contributed by atoms with Crippen molar-refractivity contribution in [3.63, 3.8) is 0 Å². The van der Waals surface area contributed by atoms with E-state index < -0.39 is 12.4 Å². The number of hydrogen-bond donors (Lipinski definition) is 3. The van der Waals surface area contributed by atoms with E-state index in [1.54, 1.807) is 0 Å². The molecule has 96 valence electrons. The van der Waals surface area contributed by atoms with Gasteiger partial charge in [-0.3, -0.25) is 4.79 Å². The van der Waals surface area contributed by atoms with E-state index in [1.165, 1.54) is 30.3 Å². The number of carbonyl (C=O) groups is 1. The van der Waals surface area contributed by atoms with E-state index in [0.29, 0.717) is 5.56 Å². The predicted octanol–water partition coefficient (Wildman–Crippen LogP) is 2.28. The van der Waals surface area contributed by atoms with Crippen molar-refractivity contribution in [2.75, 3.05) is 6.61 Å². The van der Waals surface area contributed by atoms with Gasteiger partial charge in [0.15, 0.2) is 0 Å². The Balaban J connectivity index is 3.12. The Bertz CT molecular complexity index is 476. The van der Waals surface area contributed by atoms with Gasteiger partial charge >= 0.3 is 0 Å². The summed E-state index contributed by atoms with van der Waals surface area (Å²) >= 11 is 2.01. The minimum absolute atomic E-state index is 0.0822. The molecular formula is C11H11FIN2O2P. The van der Waals surface area contributed by atoms with Crippen molar-refractivity contribution in [3.05, 3.63) is 41.7 Å². The average Bonchev–Trinajstić information content (AvgIpc) is 2.37. The third kappa shape index (κ3) is 4.44. The fourth-order valence-electron chi connectivity index (χ4n) is 1.24. The summed E-state index contributed by atoms with van der Waals surface area (Å²) in [5, 5.41) is 18.9. The topological polar surface area (TPSA) is 73.2 Å². The lowest BCUT2D eigenvalue weighted by atomic mass is 10.0. The summed E-state index contributed by atoms with van der Waals surface area (Å²) in [7, 11) is 0. The van der Waals surface area contributed by atoms with Crippen LogP contribution in [0.3, 0.4) is 0 Å². The SMILES string of the molecule is N=C(/C=C(\C(=O)NPI)c1ccc(F)cc1)CO. The molecule has 0 aliphatic rings. The smallest absolute Gasteiger partial charge is 0.255 e. The van der Waals surface area contributed by atoms with Crippen LogP contribution in [0.1, 0.15) is 5.56 Å². The first-order chi connectivity index (χ1) is 8.58. The molecule has 18 heavy (non-hydrogen) atoms. The molecule has 7 heteroatoms. The lowest BCUT2D eigenvalue weighted by Gasteiger charge is -2.07. The Kier molecular flexibility index (Phi) is 6.38. The number of nitrogens with one attached hydrogen (secondary N) is 2. The van der Waals surface area contributed by atoms with Gasteiger partial charge < -0.3 is 15.6 Å². The van der Waals surface area contributed by atoms with Gasteiger partial charge in [-0.15, -0.1) is 0 Å². The second-order valence-corrected chi connectivity index (χ2v) is 5.35. The Morgan fingerprint density at radius 1 is 1.50 bits per heavy atom. The number of carbonyl (C=O) groups excluding carboxylic acids is 1. The molecule has 0 saturated carbocycles. The minimum Gasteiger partial charge on any atom is -0.390 e. The molecule has 0 radical (unpaired) electrons. The van der Waals surface area contributed by atoms with Crippen LogP contribution >= 0.6 is 28.4 Å². The zero-order valence-electron chi connectivity index (χ0n) is 9.21. The standard InChI is InChI=1S/C11H11FIN2O2P/c12-8-3-1-7(2-4-8)10(5-9(14)6-16)11(17)15-18-13/h1-5,14,16,18H,6H2,(H,15,17)/b10-5-,14-9?. The van der Waals surface area contributed by atoms with Gasteiger partial charge in [0.1, 0.15) is 5.82 Å². The predicted molar refractivity (Wildman–Crippen MR) is 79.7 cm³/mol. The van der Waals surface area contributed by atoms with Crippen molar-refractivity contribution in [1.82, 2.24) is 5.09 Å². The third-order valence-corrected chi connectivity index (χ3v) is 3.18. The molecule has 0 aliphatic carbocycles. The molecule has 0 aliphatic heterocycles. The summed E-state index contributed by atoms with van der Waals surface area (Å²) in [6.07, 6.45) is 1.47. The van der Waals surface area contributed by atoms with Crippen molar-refractivity contribution in [2.45, 2.75) is 0 Å². The van der Waals surface area contributed by atoms with E-state index in [2.05, 4.69) is 5.09 Å². The maximum absolute atomic E-state index is 12.8. The molecule has 1 aromatic rings. The van der Waals surface area contributed by atoms with Crippen LogP contribution in [0.5, 0.6) is 0 Å². The molecule has 0 saturated heterocycles. The van der Waals surface area contributed by atoms with Crippen LogP contribution in [-0.4, -0.2) is 23.3 Å². The first-order valence-electron chi connectivity index (χ1n) is 4.90. The maximum atomic E-state index is 12.8. The minimum atomic E-state index is -0.454. The molecule has 4 nitrogen and oxygen atoms in total. The molecule has 0 aromatic heterocycles. The first kappa shape index (κ1) is 15.2. The van der Waals surface area contributed by atoms with Gasteiger partial charge in [-0.1, -0.05) is 12.1 Å². The summed E-state index contributed by atoms with van der Waals surface area (Å²) in [5.74, 6) is -0.751. The number of benzene rings is 1. The van der Waals surface area contributed by atoms with Crippen LogP contribution in [0.25, 0.3) is 5.57 Å². The summed E-state index contributed by atoms with van der Waals surface area (Å²) in [5.41, 5.74) is 0.654. The molecule has 0 bridgehead atoms. The summed E-state index contributed by atoms with van der Waals surface area (Å²) in [4.78, 5) is 11.8. The largest absolute Gasteiger partial charge is 0.390 e. The molecule has 1 aromatic carbocycles. The fourth-order valence-corrected chi connectivity index (χ4v) is 2.19. The number of aliphatic hydroxyl groups excluding tert-OH is 1. The van der Waals surface area contributed by atoms with Gasteiger partial charge in [0.05, 0.1) is 12.3 Å². The third-order valence-electron chi connectivity index (χ3n) is 2.05. The maximum Gasteiger partial charge on any atom is 0.255 e. The second-order valence-electron chi connectivity index (χ2n) is 3.30. The number of rotatable bonds is 5. The molecule has 1 unspecified atom stereocenters. The van der Waals surface area contributed by atoms with Gasteiger partial charge in [-0.05, 0) is 45.8 Å². The van der Waals surface area contributed by atoms with Crippen molar-refractivity contribution >= 4 is 45.6 Å². The summed E-state index contributed by atoms with van der Waals surface area (Å²) in [6, 6.07) is 5.40. The highest BCUT2D eigenvalue weighted by atomic mass is 127. The van der Waals surface area contributed by atoms with Crippen LogP contribution in [0.2, 0.25) is 0 Å². The number of amides is 1. The van der Waals surface area contributed by atoms with Crippen LogP contribution in [0, 0.1) is 11.2 Å². The molecule has 0 heterocycles. The van der Waals surface area contributed by atoms with Gasteiger partial charge in [0.25, 0.3) is 5.91 Å². The Labute approximate surface area is 119 Å². The Morgan fingerprint density at radius 2 is 2.11 bits per heavy atom. The van der Waals surface area contributed by atoms with Crippen LogP contribution in [-0.2, 0) is 4.79 Å². The van der Waals surface area contributed by atoms with Crippen molar-refractivity contribution in [2.24, 2.45) is 0 Å². The first-order valence-corrected chi connectivity index (χ1v) is 9.01. The number of aliphatic hydroxyl groups is 1. The van der Waals surface area contributed by atoms with Crippen molar-refractivity contribution in [3.8, 4) is 0 Å². The van der Waals surface area contributed by atoms with Crippen molar-refractivity contribution in [1.29, 1.82) is 5.41 Å². The Hall–Kier alpha value is -0.850. The normalized spacial score (nSPS) is 11.8. The highest BCUT2D eigenvalue weighted by Gasteiger charge is 2.12. The quantitative estimate of drug-likeness (QED) is 0.318. The van der Waals surface area contributed by atoms with E-state index in [9.17, 15) is 9.18 Å². The lowest BCUT2D eigenvalue weighted by Crippen LogP contribution is -2.16. The molecule has 1 rings (SSSR count). The zero-order valence-corrected chi connectivity index (χ0v) is 12.4. The van der Waals surface area contributed by atoms with Crippen LogP contribution in [0.15, 0.2) is 30.3 Å². The fraction of sp³-hybridized carbons (Fsp3) is 0.0909. The highest BCUT2D eigenvalue weighted by molar-refractivity contribution is 14.2.